The molecule has 2 atom stereocenters. The molecule has 1 heterocycles. The summed E-state index contributed by atoms with van der Waals surface area (Å²) >= 11 is 0.939. The number of carbonyl (C=O) groups excluding carboxylic acids is 1. The van der Waals surface area contributed by atoms with Gasteiger partial charge in [-0.05, 0) is 17.7 Å². The average Bonchev–Trinajstić information content (AvgIpc) is 2.53. The molecule has 23 heavy (non-hydrogen) atoms. The first-order valence-corrected chi connectivity index (χ1v) is 7.36. The topological polar surface area (TPSA) is 150 Å². The van der Waals surface area contributed by atoms with Crippen molar-refractivity contribution in [1.82, 2.24) is 0 Å². The van der Waals surface area contributed by atoms with Crippen LogP contribution in [0.4, 0.5) is 0 Å². The first kappa shape index (κ1) is 16.4. The largest absolute Gasteiger partial charge is 0.484 e. The molecule has 0 bridgehead atoms. The molecule has 0 fully saturated rings. The van der Waals surface area contributed by atoms with E-state index < -0.39 is 17.7 Å². The molecule has 2 rings (SSSR count). The third-order valence-corrected chi connectivity index (χ3v) is 4.21. The lowest BCUT2D eigenvalue weighted by atomic mass is 9.82. The van der Waals surface area contributed by atoms with Crippen molar-refractivity contribution in [2.24, 2.45) is 17.4 Å². The summed E-state index contributed by atoms with van der Waals surface area (Å²) in [6.45, 7) is -0.235. The SMILES string of the molecule is N#CC1=C(N)SC(=N)[C@@H](C#N)[C@H]1c1ccc(OCC(N)=O)cc1. The van der Waals surface area contributed by atoms with Crippen molar-refractivity contribution < 1.29 is 9.53 Å². The second kappa shape index (κ2) is 6.86. The third-order valence-electron chi connectivity index (χ3n) is 3.29. The molecule has 0 spiro atoms. The van der Waals surface area contributed by atoms with Crippen LogP contribution >= 0.6 is 11.8 Å². The number of thioether (sulfide) groups is 1. The van der Waals surface area contributed by atoms with Crippen molar-refractivity contribution in [3.8, 4) is 17.9 Å². The monoisotopic (exact) mass is 327 g/mol. The van der Waals surface area contributed by atoms with Gasteiger partial charge in [-0.3, -0.25) is 10.2 Å². The lowest BCUT2D eigenvalue weighted by molar-refractivity contribution is -0.119. The Morgan fingerprint density at radius 1 is 1.35 bits per heavy atom. The lowest BCUT2D eigenvalue weighted by Gasteiger charge is -2.27. The van der Waals surface area contributed by atoms with Gasteiger partial charge < -0.3 is 16.2 Å². The summed E-state index contributed by atoms with van der Waals surface area (Å²) in [5.74, 6) is -1.50. The highest BCUT2D eigenvalue weighted by Gasteiger charge is 2.36. The van der Waals surface area contributed by atoms with Crippen LogP contribution in [0.3, 0.4) is 0 Å². The molecule has 1 aliphatic rings. The Labute approximate surface area is 137 Å². The van der Waals surface area contributed by atoms with Gasteiger partial charge in [-0.25, -0.2) is 0 Å². The van der Waals surface area contributed by atoms with Crippen molar-refractivity contribution >= 4 is 22.7 Å². The van der Waals surface area contributed by atoms with E-state index in [2.05, 4.69) is 6.07 Å². The van der Waals surface area contributed by atoms with E-state index in [1.165, 1.54) is 0 Å². The normalized spacial score (nSPS) is 20.5. The number of hydrogen-bond donors (Lipinski definition) is 3. The van der Waals surface area contributed by atoms with Gasteiger partial charge in [-0.2, -0.15) is 10.5 Å². The Balaban J connectivity index is 2.36. The van der Waals surface area contributed by atoms with E-state index in [0.29, 0.717) is 11.3 Å². The molecule has 0 radical (unpaired) electrons. The molecule has 1 aliphatic heterocycles. The zero-order valence-corrected chi connectivity index (χ0v) is 12.8. The van der Waals surface area contributed by atoms with Crippen LogP contribution in [0, 0.1) is 34.0 Å². The van der Waals surface area contributed by atoms with Crippen LogP contribution in [0.5, 0.6) is 5.75 Å². The number of nitrogens with zero attached hydrogens (tertiary/aromatic N) is 2. The molecular weight excluding hydrogens is 314 g/mol. The minimum Gasteiger partial charge on any atom is -0.484 e. The molecule has 8 heteroatoms. The van der Waals surface area contributed by atoms with Crippen molar-refractivity contribution in [3.63, 3.8) is 0 Å². The summed E-state index contributed by atoms with van der Waals surface area (Å²) in [4.78, 5) is 10.7. The molecule has 1 amide bonds. The number of hydrogen-bond acceptors (Lipinski definition) is 7. The number of amides is 1. The van der Waals surface area contributed by atoms with Crippen molar-refractivity contribution in [3.05, 3.63) is 40.4 Å². The fraction of sp³-hybridized carbons (Fsp3) is 0.200. The molecule has 0 unspecified atom stereocenters. The van der Waals surface area contributed by atoms with E-state index in [1.54, 1.807) is 24.3 Å². The van der Waals surface area contributed by atoms with Crippen LogP contribution in [-0.2, 0) is 4.79 Å². The number of ether oxygens (including phenoxy) is 1. The maximum Gasteiger partial charge on any atom is 0.255 e. The molecule has 7 nitrogen and oxygen atoms in total. The maximum atomic E-state index is 10.7. The minimum absolute atomic E-state index is 0.114. The highest BCUT2D eigenvalue weighted by Crippen LogP contribution is 2.42. The molecule has 1 aromatic rings. The molecule has 0 aromatic heterocycles. The van der Waals surface area contributed by atoms with E-state index in [-0.39, 0.29) is 22.3 Å². The van der Waals surface area contributed by atoms with Crippen LogP contribution in [0.1, 0.15) is 11.5 Å². The standard InChI is InChI=1S/C15H13N5O2S/c16-5-10-13(11(6-17)15(20)23-14(10)19)8-1-3-9(4-2-8)22-7-12(18)21/h1-4,10,13,19H,7,20H2,(H2,18,21)/t10-,13+/m0/s1. The summed E-state index contributed by atoms with van der Waals surface area (Å²) < 4.78 is 5.17. The van der Waals surface area contributed by atoms with Gasteiger partial charge in [0.1, 0.15) is 11.7 Å². The van der Waals surface area contributed by atoms with Crippen LogP contribution in [0.15, 0.2) is 34.9 Å². The number of allylic oxidation sites excluding steroid dienone is 1. The molecular formula is C15H13N5O2S. The Morgan fingerprint density at radius 2 is 2.00 bits per heavy atom. The van der Waals surface area contributed by atoms with E-state index in [0.717, 1.165) is 11.8 Å². The zero-order chi connectivity index (χ0) is 17.0. The molecule has 0 saturated carbocycles. The molecule has 5 N–H and O–H groups in total. The number of nitrogens with two attached hydrogens (primary N) is 2. The van der Waals surface area contributed by atoms with Gasteiger partial charge in [-0.1, -0.05) is 23.9 Å². The van der Waals surface area contributed by atoms with Crippen LogP contribution < -0.4 is 16.2 Å². The van der Waals surface area contributed by atoms with Gasteiger partial charge in [0.25, 0.3) is 5.91 Å². The predicted octanol–water partition coefficient (Wildman–Crippen LogP) is 1.19. The van der Waals surface area contributed by atoms with Crippen molar-refractivity contribution in [2.45, 2.75) is 5.92 Å². The van der Waals surface area contributed by atoms with E-state index >= 15 is 0 Å². The molecule has 116 valence electrons. The first-order chi connectivity index (χ1) is 11.0. The van der Waals surface area contributed by atoms with E-state index in [1.807, 2.05) is 6.07 Å². The number of nitriles is 2. The molecule has 0 aliphatic carbocycles. The maximum absolute atomic E-state index is 10.7. The van der Waals surface area contributed by atoms with Gasteiger partial charge >= 0.3 is 0 Å². The summed E-state index contributed by atoms with van der Waals surface area (Å²) in [6.07, 6.45) is 0. The Bertz CT molecular complexity index is 758. The second-order valence-electron chi connectivity index (χ2n) is 4.76. The fourth-order valence-corrected chi connectivity index (χ4v) is 3.09. The minimum atomic E-state index is -0.765. The third kappa shape index (κ3) is 3.44. The predicted molar refractivity (Wildman–Crippen MR) is 85.1 cm³/mol. The zero-order valence-electron chi connectivity index (χ0n) is 11.9. The highest BCUT2D eigenvalue weighted by atomic mass is 32.2. The number of primary amides is 1. The van der Waals surface area contributed by atoms with Gasteiger partial charge in [0.05, 0.1) is 27.8 Å². The lowest BCUT2D eigenvalue weighted by Crippen LogP contribution is -2.26. The second-order valence-corrected chi connectivity index (χ2v) is 5.85. The fourth-order valence-electron chi connectivity index (χ4n) is 2.25. The van der Waals surface area contributed by atoms with Crippen molar-refractivity contribution in [2.75, 3.05) is 6.61 Å². The van der Waals surface area contributed by atoms with Gasteiger partial charge in [-0.15, -0.1) is 0 Å². The summed E-state index contributed by atoms with van der Waals surface area (Å²) in [5.41, 5.74) is 11.8. The number of nitrogens with one attached hydrogen (secondary N) is 1. The van der Waals surface area contributed by atoms with Gasteiger partial charge in [0, 0.05) is 5.92 Å². The molecule has 0 saturated heterocycles. The Morgan fingerprint density at radius 3 is 2.52 bits per heavy atom. The summed E-state index contributed by atoms with van der Waals surface area (Å²) in [6, 6.07) is 10.7. The Hall–Kier alpha value is -2.97. The van der Waals surface area contributed by atoms with Crippen LogP contribution in [-0.4, -0.2) is 17.6 Å². The quantitative estimate of drug-likeness (QED) is 0.756. The first-order valence-electron chi connectivity index (χ1n) is 6.54. The van der Waals surface area contributed by atoms with Crippen molar-refractivity contribution in [1.29, 1.82) is 15.9 Å². The van der Waals surface area contributed by atoms with E-state index in [4.69, 9.17) is 21.6 Å². The van der Waals surface area contributed by atoms with Crippen LogP contribution in [0.2, 0.25) is 0 Å². The van der Waals surface area contributed by atoms with Crippen LogP contribution in [0.25, 0.3) is 0 Å². The summed E-state index contributed by atoms with van der Waals surface area (Å²) in [5, 5.41) is 26.9. The molecule has 1 aromatic carbocycles. The number of carbonyl (C=O) groups is 1. The smallest absolute Gasteiger partial charge is 0.255 e. The van der Waals surface area contributed by atoms with E-state index in [9.17, 15) is 15.3 Å². The average molecular weight is 327 g/mol. The number of benzene rings is 1. The number of rotatable bonds is 4. The Kier molecular flexibility index (Phi) is 4.89. The summed E-state index contributed by atoms with van der Waals surface area (Å²) in [7, 11) is 0. The van der Waals surface area contributed by atoms with Gasteiger partial charge in [0.2, 0.25) is 0 Å². The highest BCUT2D eigenvalue weighted by molar-refractivity contribution is 8.17. The van der Waals surface area contributed by atoms with Gasteiger partial charge in [0.15, 0.2) is 6.61 Å².